The van der Waals surface area contributed by atoms with Crippen LogP contribution in [0.3, 0.4) is 0 Å². The van der Waals surface area contributed by atoms with Gasteiger partial charge in [-0.2, -0.15) is 0 Å². The van der Waals surface area contributed by atoms with E-state index < -0.39 is 0 Å². The van der Waals surface area contributed by atoms with Gasteiger partial charge >= 0.3 is 0 Å². The molecule has 0 unspecified atom stereocenters. The van der Waals surface area contributed by atoms with Crippen molar-refractivity contribution in [3.05, 3.63) is 40.7 Å². The summed E-state index contributed by atoms with van der Waals surface area (Å²) in [6.45, 7) is 4.81. The van der Waals surface area contributed by atoms with Crippen LogP contribution in [0, 0.1) is 6.92 Å². The van der Waals surface area contributed by atoms with Gasteiger partial charge in [0.1, 0.15) is 5.82 Å². The van der Waals surface area contributed by atoms with E-state index in [4.69, 9.17) is 11.6 Å². The predicted molar refractivity (Wildman–Crippen MR) is 78.5 cm³/mol. The van der Waals surface area contributed by atoms with Crippen LogP contribution in [-0.2, 0) is 13.0 Å². The second-order valence-corrected chi connectivity index (χ2v) is 5.02. The zero-order valence-electron chi connectivity index (χ0n) is 11.3. The van der Waals surface area contributed by atoms with E-state index in [1.54, 1.807) is 6.20 Å². The summed E-state index contributed by atoms with van der Waals surface area (Å²) >= 11 is 6.12. The number of nitrogens with zero attached hydrogens (tertiary/aromatic N) is 2. The Balaban J connectivity index is 1.97. The second-order valence-electron chi connectivity index (χ2n) is 4.66. The average Bonchev–Trinajstić information content (AvgIpc) is 2.75. The predicted octanol–water partition coefficient (Wildman–Crippen LogP) is 3.72. The Bertz CT molecular complexity index is 536. The number of aromatic amines is 1. The minimum Gasteiger partial charge on any atom is -0.378 e. The van der Waals surface area contributed by atoms with Gasteiger partial charge in [0.25, 0.3) is 0 Å². The normalized spacial score (nSPS) is 10.7. The SMILES string of the molecule is CCCCc1nc(Cl)c(CNc2cncc(C)c2)[nH]1. The summed E-state index contributed by atoms with van der Waals surface area (Å²) in [5.74, 6) is 0.964. The van der Waals surface area contributed by atoms with Crippen molar-refractivity contribution in [3.63, 3.8) is 0 Å². The molecule has 0 saturated heterocycles. The van der Waals surface area contributed by atoms with E-state index >= 15 is 0 Å². The molecule has 0 saturated carbocycles. The van der Waals surface area contributed by atoms with E-state index in [1.165, 1.54) is 0 Å². The topological polar surface area (TPSA) is 53.6 Å². The average molecular weight is 279 g/mol. The van der Waals surface area contributed by atoms with Gasteiger partial charge in [0.05, 0.1) is 17.9 Å². The summed E-state index contributed by atoms with van der Waals surface area (Å²) in [4.78, 5) is 11.8. The van der Waals surface area contributed by atoms with E-state index in [-0.39, 0.29) is 0 Å². The fourth-order valence-corrected chi connectivity index (χ4v) is 2.08. The third kappa shape index (κ3) is 3.96. The number of hydrogen-bond donors (Lipinski definition) is 2. The number of aryl methyl sites for hydroxylation is 2. The Labute approximate surface area is 118 Å². The Morgan fingerprint density at radius 3 is 2.95 bits per heavy atom. The van der Waals surface area contributed by atoms with Crippen LogP contribution in [0.15, 0.2) is 18.5 Å². The van der Waals surface area contributed by atoms with E-state index in [0.29, 0.717) is 11.7 Å². The number of rotatable bonds is 6. The molecule has 0 bridgehead atoms. The monoisotopic (exact) mass is 278 g/mol. The summed E-state index contributed by atoms with van der Waals surface area (Å²) < 4.78 is 0. The maximum atomic E-state index is 6.12. The third-order valence-electron chi connectivity index (χ3n) is 2.89. The van der Waals surface area contributed by atoms with E-state index in [2.05, 4.69) is 33.3 Å². The molecule has 5 heteroatoms. The molecule has 0 fully saturated rings. The molecular formula is C14H19ClN4. The van der Waals surface area contributed by atoms with Gasteiger partial charge in [0.2, 0.25) is 0 Å². The van der Waals surface area contributed by atoms with Gasteiger partial charge in [0, 0.05) is 18.8 Å². The molecule has 2 N–H and O–H groups in total. The molecule has 102 valence electrons. The highest BCUT2D eigenvalue weighted by atomic mass is 35.5. The number of anilines is 1. The standard InChI is InChI=1S/C14H19ClN4/c1-3-4-5-13-18-12(14(15)19-13)9-17-11-6-10(2)7-16-8-11/h6-8,17H,3-5,9H2,1-2H3,(H,18,19). The first-order chi connectivity index (χ1) is 9.19. The summed E-state index contributed by atoms with van der Waals surface area (Å²) in [7, 11) is 0. The van der Waals surface area contributed by atoms with Gasteiger partial charge in [-0.3, -0.25) is 4.98 Å². The number of halogens is 1. The van der Waals surface area contributed by atoms with E-state index in [9.17, 15) is 0 Å². The molecule has 0 aromatic carbocycles. The van der Waals surface area contributed by atoms with Gasteiger partial charge < -0.3 is 10.3 Å². The molecule has 2 heterocycles. The Morgan fingerprint density at radius 1 is 1.37 bits per heavy atom. The molecule has 2 aromatic rings. The van der Waals surface area contributed by atoms with Crippen LogP contribution in [0.2, 0.25) is 5.15 Å². The van der Waals surface area contributed by atoms with Gasteiger partial charge in [-0.15, -0.1) is 0 Å². The lowest BCUT2D eigenvalue weighted by molar-refractivity contribution is 0.760. The summed E-state index contributed by atoms with van der Waals surface area (Å²) in [6, 6.07) is 2.05. The molecule has 2 aromatic heterocycles. The molecule has 0 amide bonds. The Kier molecular flexibility index (Phi) is 4.80. The zero-order valence-corrected chi connectivity index (χ0v) is 12.1. The number of pyridine rings is 1. The molecule has 19 heavy (non-hydrogen) atoms. The quantitative estimate of drug-likeness (QED) is 0.847. The van der Waals surface area contributed by atoms with Crippen molar-refractivity contribution in [2.24, 2.45) is 0 Å². The van der Waals surface area contributed by atoms with Gasteiger partial charge in [0.15, 0.2) is 5.15 Å². The fraction of sp³-hybridized carbons (Fsp3) is 0.429. The maximum Gasteiger partial charge on any atom is 0.152 e. The van der Waals surface area contributed by atoms with Crippen molar-refractivity contribution in [1.29, 1.82) is 0 Å². The minimum absolute atomic E-state index is 0.555. The number of unbranched alkanes of at least 4 members (excludes halogenated alkanes) is 1. The first kappa shape index (κ1) is 13.9. The number of nitrogens with one attached hydrogen (secondary N) is 2. The van der Waals surface area contributed by atoms with E-state index in [0.717, 1.165) is 42.0 Å². The lowest BCUT2D eigenvalue weighted by Gasteiger charge is -2.05. The molecule has 0 spiro atoms. The van der Waals surface area contributed by atoms with Crippen LogP contribution in [0.1, 0.15) is 36.8 Å². The molecule has 0 aliphatic carbocycles. The highest BCUT2D eigenvalue weighted by Gasteiger charge is 2.07. The van der Waals surface area contributed by atoms with Crippen LogP contribution < -0.4 is 5.32 Å². The molecule has 2 rings (SSSR count). The van der Waals surface area contributed by atoms with Gasteiger partial charge in [-0.1, -0.05) is 24.9 Å². The lowest BCUT2D eigenvalue weighted by atomic mass is 10.2. The number of hydrogen-bond acceptors (Lipinski definition) is 3. The first-order valence-corrected chi connectivity index (χ1v) is 6.95. The summed E-state index contributed by atoms with van der Waals surface area (Å²) in [5, 5.41) is 3.85. The van der Waals surface area contributed by atoms with Crippen molar-refractivity contribution < 1.29 is 0 Å². The molecule has 0 atom stereocenters. The molecule has 0 radical (unpaired) electrons. The van der Waals surface area contributed by atoms with Crippen molar-refractivity contribution in [1.82, 2.24) is 15.0 Å². The van der Waals surface area contributed by atoms with E-state index in [1.807, 2.05) is 13.1 Å². The Hall–Kier alpha value is -1.55. The van der Waals surface area contributed by atoms with Crippen LogP contribution in [0.5, 0.6) is 0 Å². The maximum absolute atomic E-state index is 6.12. The highest BCUT2D eigenvalue weighted by molar-refractivity contribution is 6.30. The zero-order chi connectivity index (χ0) is 13.7. The summed E-state index contributed by atoms with van der Waals surface area (Å²) in [6.07, 6.45) is 6.86. The molecular weight excluding hydrogens is 260 g/mol. The minimum atomic E-state index is 0.555. The molecule has 0 aliphatic rings. The largest absolute Gasteiger partial charge is 0.378 e. The van der Waals surface area contributed by atoms with Crippen molar-refractivity contribution >= 4 is 17.3 Å². The highest BCUT2D eigenvalue weighted by Crippen LogP contribution is 2.16. The van der Waals surface area contributed by atoms with Crippen molar-refractivity contribution in [3.8, 4) is 0 Å². The molecule has 0 aliphatic heterocycles. The second kappa shape index (κ2) is 6.57. The third-order valence-corrected chi connectivity index (χ3v) is 3.20. The lowest BCUT2D eigenvalue weighted by Crippen LogP contribution is -2.01. The first-order valence-electron chi connectivity index (χ1n) is 6.58. The molecule has 4 nitrogen and oxygen atoms in total. The fourth-order valence-electron chi connectivity index (χ4n) is 1.86. The number of H-pyrrole nitrogens is 1. The van der Waals surface area contributed by atoms with Crippen LogP contribution >= 0.6 is 11.6 Å². The van der Waals surface area contributed by atoms with Crippen LogP contribution in [-0.4, -0.2) is 15.0 Å². The number of aromatic nitrogens is 3. The Morgan fingerprint density at radius 2 is 2.21 bits per heavy atom. The smallest absolute Gasteiger partial charge is 0.152 e. The van der Waals surface area contributed by atoms with Crippen molar-refractivity contribution in [2.75, 3.05) is 5.32 Å². The van der Waals surface area contributed by atoms with Gasteiger partial charge in [-0.05, 0) is 25.0 Å². The number of imidazole rings is 1. The van der Waals surface area contributed by atoms with Crippen molar-refractivity contribution in [2.45, 2.75) is 39.7 Å². The van der Waals surface area contributed by atoms with Crippen LogP contribution in [0.25, 0.3) is 0 Å². The summed E-state index contributed by atoms with van der Waals surface area (Å²) in [5.41, 5.74) is 3.04. The van der Waals surface area contributed by atoms with Crippen LogP contribution in [0.4, 0.5) is 5.69 Å². The van der Waals surface area contributed by atoms with Gasteiger partial charge in [-0.25, -0.2) is 4.98 Å².